The van der Waals surface area contributed by atoms with Crippen LogP contribution in [0.1, 0.15) is 12.5 Å². The first kappa shape index (κ1) is 21.1. The van der Waals surface area contributed by atoms with Crippen LogP contribution in [-0.4, -0.2) is 25.5 Å². The van der Waals surface area contributed by atoms with Crippen molar-refractivity contribution in [2.45, 2.75) is 6.92 Å². The zero-order valence-corrected chi connectivity index (χ0v) is 17.6. The third kappa shape index (κ3) is 3.80. The van der Waals surface area contributed by atoms with Gasteiger partial charge in [0.1, 0.15) is 23.0 Å². The number of anilines is 2. The Morgan fingerprint density at radius 3 is 2.22 bits per heavy atom. The normalized spacial score (nSPS) is 13.5. The molecule has 7 heteroatoms. The Bertz CT molecular complexity index is 1200. The number of methoxy groups -OCH3 is 1. The second-order valence-electron chi connectivity index (χ2n) is 6.93. The Hall–Kier alpha value is -4.13. The van der Waals surface area contributed by atoms with Crippen LogP contribution in [0.15, 0.2) is 78.5 Å². The first-order valence-corrected chi connectivity index (χ1v) is 10.1. The minimum absolute atomic E-state index is 0.0670. The van der Waals surface area contributed by atoms with Crippen molar-refractivity contribution in [1.82, 2.24) is 0 Å². The Labute approximate surface area is 184 Å². The van der Waals surface area contributed by atoms with Gasteiger partial charge < -0.3 is 14.8 Å². The fourth-order valence-corrected chi connectivity index (χ4v) is 3.55. The van der Waals surface area contributed by atoms with Gasteiger partial charge in [-0.05, 0) is 48.9 Å². The van der Waals surface area contributed by atoms with E-state index in [-0.39, 0.29) is 11.3 Å². The van der Waals surface area contributed by atoms with Crippen molar-refractivity contribution >= 4 is 28.8 Å². The molecule has 1 heterocycles. The van der Waals surface area contributed by atoms with Gasteiger partial charge in [-0.2, -0.15) is 0 Å². The molecule has 4 rings (SSSR count). The molecule has 0 saturated carbocycles. The topological polar surface area (TPSA) is 67.9 Å². The van der Waals surface area contributed by atoms with Crippen molar-refractivity contribution in [1.29, 1.82) is 0 Å². The van der Waals surface area contributed by atoms with E-state index >= 15 is 0 Å². The number of imide groups is 1. The summed E-state index contributed by atoms with van der Waals surface area (Å²) in [6, 6.07) is 19.3. The Balaban J connectivity index is 1.85. The van der Waals surface area contributed by atoms with E-state index in [4.69, 9.17) is 9.47 Å². The van der Waals surface area contributed by atoms with Crippen LogP contribution in [0.25, 0.3) is 5.57 Å². The number of carbonyl (C=O) groups is 2. The number of rotatable bonds is 7. The van der Waals surface area contributed by atoms with Gasteiger partial charge in [0.25, 0.3) is 11.8 Å². The maximum Gasteiger partial charge on any atom is 0.282 e. The molecular formula is C25H21FN2O4. The second kappa shape index (κ2) is 8.93. The standard InChI is InChI=1S/C25H21FN2O4/c1-3-32-21-11-7-5-9-19(21)28-24(29)22(16-12-14-17(26)15-13-16)23(25(28)30)27-18-8-4-6-10-20(18)31-2/h4-15,27H,3H2,1-2H3. The van der Waals surface area contributed by atoms with Gasteiger partial charge >= 0.3 is 0 Å². The first-order chi connectivity index (χ1) is 15.5. The van der Waals surface area contributed by atoms with Crippen LogP contribution in [0.3, 0.4) is 0 Å². The summed E-state index contributed by atoms with van der Waals surface area (Å²) in [6.07, 6.45) is 0. The predicted molar refractivity (Wildman–Crippen MR) is 120 cm³/mol. The Morgan fingerprint density at radius 1 is 0.875 bits per heavy atom. The lowest BCUT2D eigenvalue weighted by Gasteiger charge is -2.19. The maximum atomic E-state index is 13.5. The molecule has 32 heavy (non-hydrogen) atoms. The number of amides is 2. The lowest BCUT2D eigenvalue weighted by molar-refractivity contribution is -0.120. The Kier molecular flexibility index (Phi) is 5.89. The SMILES string of the molecule is CCOc1ccccc1N1C(=O)C(Nc2ccccc2OC)=C(c2ccc(F)cc2)C1=O. The summed E-state index contributed by atoms with van der Waals surface area (Å²) in [4.78, 5) is 28.2. The molecule has 0 spiro atoms. The molecule has 0 aromatic heterocycles. The van der Waals surface area contributed by atoms with Crippen molar-refractivity contribution in [2.75, 3.05) is 23.9 Å². The molecule has 3 aromatic carbocycles. The fourth-order valence-electron chi connectivity index (χ4n) is 3.55. The summed E-state index contributed by atoms with van der Waals surface area (Å²) in [6.45, 7) is 2.19. The average Bonchev–Trinajstić information content (AvgIpc) is 3.05. The van der Waals surface area contributed by atoms with Crippen molar-refractivity contribution in [3.05, 3.63) is 89.9 Å². The highest BCUT2D eigenvalue weighted by Crippen LogP contribution is 2.38. The lowest BCUT2D eigenvalue weighted by atomic mass is 10.0. The van der Waals surface area contributed by atoms with Gasteiger partial charge in [0.15, 0.2) is 0 Å². The lowest BCUT2D eigenvalue weighted by Crippen LogP contribution is -2.32. The van der Waals surface area contributed by atoms with Crippen LogP contribution in [-0.2, 0) is 9.59 Å². The van der Waals surface area contributed by atoms with Gasteiger partial charge in [-0.25, -0.2) is 9.29 Å². The molecule has 162 valence electrons. The van der Waals surface area contributed by atoms with Gasteiger partial charge in [-0.15, -0.1) is 0 Å². The summed E-state index contributed by atoms with van der Waals surface area (Å²) >= 11 is 0. The molecule has 1 aliphatic rings. The fraction of sp³-hybridized carbons (Fsp3) is 0.120. The van der Waals surface area contributed by atoms with E-state index in [0.29, 0.717) is 35.0 Å². The zero-order chi connectivity index (χ0) is 22.7. The molecule has 0 fully saturated rings. The molecule has 0 saturated heterocycles. The Morgan fingerprint density at radius 2 is 1.53 bits per heavy atom. The highest BCUT2D eigenvalue weighted by atomic mass is 19.1. The summed E-state index contributed by atoms with van der Waals surface area (Å²) < 4.78 is 24.6. The van der Waals surface area contributed by atoms with Crippen LogP contribution in [0.2, 0.25) is 0 Å². The third-order valence-electron chi connectivity index (χ3n) is 4.99. The number of para-hydroxylation sites is 4. The molecule has 0 bridgehead atoms. The number of carbonyl (C=O) groups excluding carboxylic acids is 2. The van der Waals surface area contributed by atoms with Crippen molar-refractivity contribution < 1.29 is 23.5 Å². The monoisotopic (exact) mass is 432 g/mol. The van der Waals surface area contributed by atoms with E-state index < -0.39 is 17.6 Å². The number of nitrogens with zero attached hydrogens (tertiary/aromatic N) is 1. The van der Waals surface area contributed by atoms with Gasteiger partial charge in [0.2, 0.25) is 0 Å². The van der Waals surface area contributed by atoms with Crippen molar-refractivity contribution in [3.8, 4) is 11.5 Å². The molecule has 0 aliphatic carbocycles. The minimum atomic E-state index is -0.549. The summed E-state index contributed by atoms with van der Waals surface area (Å²) in [5.74, 6) is -0.608. The minimum Gasteiger partial charge on any atom is -0.495 e. The number of hydrogen-bond acceptors (Lipinski definition) is 5. The van der Waals surface area contributed by atoms with Gasteiger partial charge in [-0.3, -0.25) is 9.59 Å². The van der Waals surface area contributed by atoms with E-state index in [1.165, 1.54) is 31.4 Å². The van der Waals surface area contributed by atoms with Crippen LogP contribution >= 0.6 is 0 Å². The van der Waals surface area contributed by atoms with E-state index in [1.54, 1.807) is 48.5 Å². The van der Waals surface area contributed by atoms with E-state index in [9.17, 15) is 14.0 Å². The van der Waals surface area contributed by atoms with E-state index in [0.717, 1.165) is 4.90 Å². The van der Waals surface area contributed by atoms with Crippen LogP contribution in [0.4, 0.5) is 15.8 Å². The van der Waals surface area contributed by atoms with Crippen LogP contribution in [0, 0.1) is 5.82 Å². The molecular weight excluding hydrogens is 411 g/mol. The van der Waals surface area contributed by atoms with Crippen molar-refractivity contribution in [2.24, 2.45) is 0 Å². The molecule has 1 N–H and O–H groups in total. The largest absolute Gasteiger partial charge is 0.495 e. The third-order valence-corrected chi connectivity index (χ3v) is 4.99. The highest BCUT2D eigenvalue weighted by Gasteiger charge is 2.41. The van der Waals surface area contributed by atoms with E-state index in [1.807, 2.05) is 6.92 Å². The summed E-state index contributed by atoms with van der Waals surface area (Å²) in [7, 11) is 1.52. The number of hydrogen-bond donors (Lipinski definition) is 1. The molecule has 6 nitrogen and oxygen atoms in total. The van der Waals surface area contributed by atoms with Crippen molar-refractivity contribution in [3.63, 3.8) is 0 Å². The smallest absolute Gasteiger partial charge is 0.282 e. The van der Waals surface area contributed by atoms with Gasteiger partial charge in [-0.1, -0.05) is 36.4 Å². The predicted octanol–water partition coefficient (Wildman–Crippen LogP) is 4.63. The number of benzene rings is 3. The first-order valence-electron chi connectivity index (χ1n) is 10.1. The number of nitrogens with one attached hydrogen (secondary N) is 1. The summed E-state index contributed by atoms with van der Waals surface area (Å²) in [5, 5.41) is 3.06. The summed E-state index contributed by atoms with van der Waals surface area (Å²) in [5.41, 5.74) is 1.47. The number of ether oxygens (including phenoxy) is 2. The highest BCUT2D eigenvalue weighted by molar-refractivity contribution is 6.46. The van der Waals surface area contributed by atoms with E-state index in [2.05, 4.69) is 5.32 Å². The van der Waals surface area contributed by atoms with Crippen LogP contribution < -0.4 is 19.7 Å². The molecule has 0 unspecified atom stereocenters. The maximum absolute atomic E-state index is 13.5. The molecule has 0 radical (unpaired) electrons. The molecule has 1 aliphatic heterocycles. The van der Waals surface area contributed by atoms with Gasteiger partial charge in [0.05, 0.1) is 30.7 Å². The quantitative estimate of drug-likeness (QED) is 0.552. The molecule has 0 atom stereocenters. The zero-order valence-electron chi connectivity index (χ0n) is 17.6. The average molecular weight is 432 g/mol. The second-order valence-corrected chi connectivity index (χ2v) is 6.93. The molecule has 2 amide bonds. The van der Waals surface area contributed by atoms with Gasteiger partial charge in [0, 0.05) is 0 Å². The van der Waals surface area contributed by atoms with Crippen LogP contribution in [0.5, 0.6) is 11.5 Å². The molecule has 3 aromatic rings. The number of halogens is 1.